The van der Waals surface area contributed by atoms with Crippen LogP contribution in [0.5, 0.6) is 0 Å². The van der Waals surface area contributed by atoms with Crippen LogP contribution in [-0.2, 0) is 23.6 Å². The molecule has 0 saturated heterocycles. The molecule has 0 aliphatic heterocycles. The Bertz CT molecular complexity index is 644. The van der Waals surface area contributed by atoms with Crippen LogP contribution in [0, 0.1) is 0 Å². The van der Waals surface area contributed by atoms with Gasteiger partial charge >= 0.3 is 0 Å². The zero-order valence-corrected chi connectivity index (χ0v) is 11.6. The van der Waals surface area contributed by atoms with Gasteiger partial charge in [0.05, 0.1) is 6.54 Å². The molecule has 0 amide bonds. The van der Waals surface area contributed by atoms with Crippen LogP contribution in [0.2, 0.25) is 0 Å². The predicted octanol–water partition coefficient (Wildman–Crippen LogP) is 0.923. The summed E-state index contributed by atoms with van der Waals surface area (Å²) in [4.78, 5) is 0. The Morgan fingerprint density at radius 1 is 1.37 bits per heavy atom. The highest BCUT2D eigenvalue weighted by Crippen LogP contribution is 2.17. The zero-order valence-electron chi connectivity index (χ0n) is 10.8. The minimum Gasteiger partial charge on any atom is -0.446 e. The van der Waals surface area contributed by atoms with Crippen LogP contribution in [0.1, 0.15) is 12.7 Å². The number of anilines is 1. The molecule has 0 aliphatic rings. The molecule has 19 heavy (non-hydrogen) atoms. The third-order valence-corrected chi connectivity index (χ3v) is 3.63. The molecular weight excluding hydrogens is 268 g/mol. The molecule has 0 unspecified atom stereocenters. The van der Waals surface area contributed by atoms with Crippen molar-refractivity contribution in [2.24, 2.45) is 7.05 Å². The van der Waals surface area contributed by atoms with E-state index in [2.05, 4.69) is 15.1 Å². The van der Waals surface area contributed by atoms with Gasteiger partial charge in [-0.3, -0.25) is 9.40 Å². The average molecular weight is 284 g/mol. The number of aromatic nitrogens is 2. The first kappa shape index (κ1) is 13.6. The van der Waals surface area contributed by atoms with Crippen LogP contribution in [0.3, 0.4) is 0 Å². The average Bonchev–Trinajstić information content (AvgIpc) is 2.95. The fourth-order valence-electron chi connectivity index (χ4n) is 1.50. The Balaban J connectivity index is 2.13. The van der Waals surface area contributed by atoms with Gasteiger partial charge in [-0.1, -0.05) is 6.92 Å². The van der Waals surface area contributed by atoms with Crippen molar-refractivity contribution in [3.05, 3.63) is 30.2 Å². The number of hydrogen-bond donors (Lipinski definition) is 2. The first-order valence-electron chi connectivity index (χ1n) is 5.83. The summed E-state index contributed by atoms with van der Waals surface area (Å²) >= 11 is 0. The minimum atomic E-state index is -3.72. The minimum absolute atomic E-state index is 0.119. The molecule has 0 spiro atoms. The number of hydrogen-bond acceptors (Lipinski definition) is 5. The van der Waals surface area contributed by atoms with E-state index in [1.165, 1.54) is 10.7 Å². The van der Waals surface area contributed by atoms with Gasteiger partial charge in [0.1, 0.15) is 5.76 Å². The highest BCUT2D eigenvalue weighted by Gasteiger charge is 2.19. The first-order chi connectivity index (χ1) is 9.01. The van der Waals surface area contributed by atoms with E-state index in [1.54, 1.807) is 25.4 Å². The highest BCUT2D eigenvalue weighted by atomic mass is 32.2. The van der Waals surface area contributed by atoms with Crippen molar-refractivity contribution in [2.45, 2.75) is 18.6 Å². The van der Waals surface area contributed by atoms with Gasteiger partial charge in [-0.05, 0) is 18.7 Å². The summed E-state index contributed by atoms with van der Waals surface area (Å²) < 4.78 is 33.2. The van der Waals surface area contributed by atoms with Crippen molar-refractivity contribution in [3.8, 4) is 0 Å². The van der Waals surface area contributed by atoms with Crippen LogP contribution in [-0.4, -0.2) is 24.7 Å². The quantitative estimate of drug-likeness (QED) is 0.823. The summed E-state index contributed by atoms with van der Waals surface area (Å²) in [7, 11) is -2.02. The third kappa shape index (κ3) is 3.36. The summed E-state index contributed by atoms with van der Waals surface area (Å²) in [6, 6.07) is 4.63. The molecule has 8 heteroatoms. The normalized spacial score (nSPS) is 11.7. The fourth-order valence-corrected chi connectivity index (χ4v) is 2.45. The van der Waals surface area contributed by atoms with Gasteiger partial charge in [-0.2, -0.15) is 13.5 Å². The number of nitrogens with zero attached hydrogens (tertiary/aromatic N) is 2. The summed E-state index contributed by atoms with van der Waals surface area (Å²) in [5.74, 6) is 0.829. The topological polar surface area (TPSA) is 89.2 Å². The predicted molar refractivity (Wildman–Crippen MR) is 70.1 cm³/mol. The molecule has 0 aromatic carbocycles. The first-order valence-corrected chi connectivity index (χ1v) is 7.31. The van der Waals surface area contributed by atoms with Crippen LogP contribution < -0.4 is 10.0 Å². The van der Waals surface area contributed by atoms with Gasteiger partial charge in [-0.25, -0.2) is 0 Å². The Labute approximate surface area is 111 Å². The molecule has 0 atom stereocenters. The summed E-state index contributed by atoms with van der Waals surface area (Å²) in [5, 5.41) is 6.89. The lowest BCUT2D eigenvalue weighted by molar-refractivity contribution is 0.405. The molecule has 104 valence electrons. The second kappa shape index (κ2) is 5.45. The van der Waals surface area contributed by atoms with Gasteiger partial charge in [0, 0.05) is 19.3 Å². The second-order valence-corrected chi connectivity index (χ2v) is 5.59. The summed E-state index contributed by atoms with van der Waals surface area (Å²) in [5.41, 5.74) is 0. The van der Waals surface area contributed by atoms with E-state index < -0.39 is 10.0 Å². The Hall–Kier alpha value is -1.80. The lowest BCUT2D eigenvalue weighted by Crippen LogP contribution is -2.13. The number of furan rings is 1. The molecule has 0 aliphatic carbocycles. The third-order valence-electron chi connectivity index (χ3n) is 2.40. The van der Waals surface area contributed by atoms with Gasteiger partial charge in [0.2, 0.25) is 5.09 Å². The maximum atomic E-state index is 12.0. The van der Waals surface area contributed by atoms with Crippen molar-refractivity contribution in [1.29, 1.82) is 0 Å². The van der Waals surface area contributed by atoms with Crippen molar-refractivity contribution in [3.63, 3.8) is 0 Å². The van der Waals surface area contributed by atoms with E-state index in [1.807, 2.05) is 6.92 Å². The highest BCUT2D eigenvalue weighted by molar-refractivity contribution is 7.92. The number of rotatable bonds is 6. The lowest BCUT2D eigenvalue weighted by atomic mass is 10.4. The van der Waals surface area contributed by atoms with E-state index >= 15 is 0 Å². The molecular formula is C11H16N4O3S. The SMILES string of the molecule is CCNCc1ccc(S(=O)(=O)Nc2ccn(C)n2)o1. The molecule has 0 radical (unpaired) electrons. The number of sulfonamides is 1. The molecule has 7 nitrogen and oxygen atoms in total. The van der Waals surface area contributed by atoms with Gasteiger partial charge in [0.25, 0.3) is 10.0 Å². The largest absolute Gasteiger partial charge is 0.446 e. The molecule has 0 saturated carbocycles. The van der Waals surface area contributed by atoms with E-state index in [0.29, 0.717) is 12.3 Å². The van der Waals surface area contributed by atoms with Gasteiger partial charge in [-0.15, -0.1) is 0 Å². The Morgan fingerprint density at radius 2 is 2.16 bits per heavy atom. The standard InChI is InChI=1S/C11H16N4O3S/c1-3-12-8-9-4-5-11(18-9)19(16,17)14-10-6-7-15(2)13-10/h4-7,12H,3,8H2,1-2H3,(H,13,14). The van der Waals surface area contributed by atoms with Crippen molar-refractivity contribution in [2.75, 3.05) is 11.3 Å². The number of nitrogens with one attached hydrogen (secondary N) is 2. The van der Waals surface area contributed by atoms with Crippen molar-refractivity contribution < 1.29 is 12.8 Å². The fraction of sp³-hybridized carbons (Fsp3) is 0.364. The molecule has 2 aromatic rings. The summed E-state index contributed by atoms with van der Waals surface area (Å²) in [6.45, 7) is 3.24. The monoisotopic (exact) mass is 284 g/mol. The zero-order chi connectivity index (χ0) is 13.9. The van der Waals surface area contributed by atoms with Crippen LogP contribution in [0.15, 0.2) is 33.9 Å². The maximum absolute atomic E-state index is 12.0. The number of aryl methyl sites for hydroxylation is 1. The smallest absolute Gasteiger partial charge is 0.296 e. The Morgan fingerprint density at radius 3 is 2.79 bits per heavy atom. The molecule has 2 aromatic heterocycles. The van der Waals surface area contributed by atoms with Gasteiger partial charge < -0.3 is 9.73 Å². The molecule has 0 bridgehead atoms. The van der Waals surface area contributed by atoms with Crippen LogP contribution >= 0.6 is 0 Å². The molecule has 2 heterocycles. The van der Waals surface area contributed by atoms with Crippen LogP contribution in [0.4, 0.5) is 5.82 Å². The van der Waals surface area contributed by atoms with E-state index in [9.17, 15) is 8.42 Å². The van der Waals surface area contributed by atoms with E-state index in [4.69, 9.17) is 4.42 Å². The molecule has 0 fully saturated rings. The van der Waals surface area contributed by atoms with E-state index in [-0.39, 0.29) is 10.9 Å². The van der Waals surface area contributed by atoms with Crippen molar-refractivity contribution in [1.82, 2.24) is 15.1 Å². The molecule has 2 N–H and O–H groups in total. The summed E-state index contributed by atoms with van der Waals surface area (Å²) in [6.07, 6.45) is 1.65. The maximum Gasteiger partial charge on any atom is 0.296 e. The Kier molecular flexibility index (Phi) is 3.91. The van der Waals surface area contributed by atoms with Gasteiger partial charge in [0.15, 0.2) is 5.82 Å². The second-order valence-electron chi connectivity index (χ2n) is 3.98. The van der Waals surface area contributed by atoms with E-state index in [0.717, 1.165) is 6.54 Å². The molecule has 2 rings (SSSR count). The van der Waals surface area contributed by atoms with Crippen molar-refractivity contribution >= 4 is 15.8 Å². The van der Waals surface area contributed by atoms with Crippen LogP contribution in [0.25, 0.3) is 0 Å². The lowest BCUT2D eigenvalue weighted by Gasteiger charge is -2.02.